The van der Waals surface area contributed by atoms with Crippen LogP contribution in [0.2, 0.25) is 0 Å². The number of rotatable bonds is 8. The van der Waals surface area contributed by atoms with Crippen LogP contribution < -0.4 is 5.32 Å². The first kappa shape index (κ1) is 17.3. The van der Waals surface area contributed by atoms with E-state index in [2.05, 4.69) is 23.9 Å². The molecular weight excluding hydrogens is 287 g/mol. The van der Waals surface area contributed by atoms with Crippen LogP contribution in [0.5, 0.6) is 0 Å². The van der Waals surface area contributed by atoms with E-state index in [0.717, 1.165) is 11.4 Å². The van der Waals surface area contributed by atoms with Crippen molar-refractivity contribution in [2.75, 3.05) is 25.5 Å². The summed E-state index contributed by atoms with van der Waals surface area (Å²) in [5.74, 6) is 0.512. The Morgan fingerprint density at radius 1 is 1.25 bits per heavy atom. The second-order valence-electron chi connectivity index (χ2n) is 4.36. The third-order valence-corrected chi connectivity index (χ3v) is 3.63. The van der Waals surface area contributed by atoms with Crippen molar-refractivity contribution in [1.29, 1.82) is 0 Å². The van der Waals surface area contributed by atoms with Gasteiger partial charge in [-0.2, -0.15) is 13.2 Å². The second-order valence-corrected chi connectivity index (χ2v) is 5.53. The molecule has 0 aliphatic heterocycles. The number of halogens is 3. The lowest BCUT2D eigenvalue weighted by Gasteiger charge is -2.13. The molecule has 2 nitrogen and oxygen atoms in total. The van der Waals surface area contributed by atoms with Gasteiger partial charge in [0, 0.05) is 16.7 Å². The quantitative estimate of drug-likeness (QED) is 0.579. The first-order chi connectivity index (χ1) is 9.42. The largest absolute Gasteiger partial charge is 0.411 e. The predicted molar refractivity (Wildman–Crippen MR) is 76.1 cm³/mol. The molecule has 0 saturated heterocycles. The lowest BCUT2D eigenvalue weighted by atomic mass is 10.1. The highest BCUT2D eigenvalue weighted by molar-refractivity contribution is 7.99. The Kier molecular flexibility index (Phi) is 7.40. The van der Waals surface area contributed by atoms with Gasteiger partial charge in [0.15, 0.2) is 0 Å². The van der Waals surface area contributed by atoms with Gasteiger partial charge in [0.05, 0.1) is 6.61 Å². The van der Waals surface area contributed by atoms with E-state index in [1.54, 1.807) is 0 Å². The van der Waals surface area contributed by atoms with Crippen molar-refractivity contribution in [2.45, 2.75) is 31.0 Å². The van der Waals surface area contributed by atoms with E-state index in [9.17, 15) is 13.2 Å². The third-order valence-electron chi connectivity index (χ3n) is 2.65. The molecule has 1 aromatic rings. The van der Waals surface area contributed by atoms with Crippen molar-refractivity contribution in [3.05, 3.63) is 29.8 Å². The fourth-order valence-corrected chi connectivity index (χ4v) is 2.45. The van der Waals surface area contributed by atoms with Crippen LogP contribution >= 0.6 is 11.8 Å². The predicted octanol–water partition coefficient (Wildman–Crippen LogP) is 4.03. The summed E-state index contributed by atoms with van der Waals surface area (Å²) in [5, 5.41) is 3.32. The Hall–Kier alpha value is -0.720. The molecule has 0 bridgehead atoms. The van der Waals surface area contributed by atoms with Crippen molar-refractivity contribution in [3.8, 4) is 0 Å². The highest BCUT2D eigenvalue weighted by Crippen LogP contribution is 2.21. The number of benzene rings is 1. The van der Waals surface area contributed by atoms with Gasteiger partial charge in [-0.1, -0.05) is 19.1 Å². The van der Waals surface area contributed by atoms with Crippen molar-refractivity contribution in [2.24, 2.45) is 0 Å². The van der Waals surface area contributed by atoms with Gasteiger partial charge >= 0.3 is 6.18 Å². The zero-order valence-corrected chi connectivity index (χ0v) is 12.5. The summed E-state index contributed by atoms with van der Waals surface area (Å²) in [6.45, 7) is 3.99. The molecule has 0 fully saturated rings. The van der Waals surface area contributed by atoms with Crippen LogP contribution in [-0.4, -0.2) is 31.7 Å². The summed E-state index contributed by atoms with van der Waals surface area (Å²) in [6, 6.07) is 8.34. The second kappa shape index (κ2) is 8.54. The van der Waals surface area contributed by atoms with Gasteiger partial charge in [0.2, 0.25) is 0 Å². The molecule has 0 spiro atoms. The van der Waals surface area contributed by atoms with Gasteiger partial charge in [-0.05, 0) is 31.2 Å². The lowest BCUT2D eigenvalue weighted by molar-refractivity contribution is -0.172. The summed E-state index contributed by atoms with van der Waals surface area (Å²) in [6.07, 6.45) is -4.24. The maximum atomic E-state index is 11.9. The SMILES string of the molecule is CCNC(C)c1ccc(SCCOCC(F)(F)F)cc1. The summed E-state index contributed by atoms with van der Waals surface area (Å²) >= 11 is 1.49. The first-order valence-electron chi connectivity index (χ1n) is 6.53. The molecule has 1 rings (SSSR count). The molecule has 0 aromatic heterocycles. The van der Waals surface area contributed by atoms with Crippen LogP contribution in [0.4, 0.5) is 13.2 Å². The van der Waals surface area contributed by atoms with Crippen molar-refractivity contribution in [1.82, 2.24) is 5.32 Å². The number of hydrogen-bond acceptors (Lipinski definition) is 3. The van der Waals surface area contributed by atoms with Gasteiger partial charge in [-0.25, -0.2) is 0 Å². The fourth-order valence-electron chi connectivity index (χ4n) is 1.68. The van der Waals surface area contributed by atoms with Gasteiger partial charge in [-0.15, -0.1) is 11.8 Å². The monoisotopic (exact) mass is 307 g/mol. The van der Waals surface area contributed by atoms with E-state index in [1.807, 2.05) is 24.3 Å². The van der Waals surface area contributed by atoms with E-state index in [0.29, 0.717) is 11.8 Å². The number of hydrogen-bond donors (Lipinski definition) is 1. The van der Waals surface area contributed by atoms with Crippen molar-refractivity contribution in [3.63, 3.8) is 0 Å². The molecule has 1 unspecified atom stereocenters. The van der Waals surface area contributed by atoms with E-state index in [1.165, 1.54) is 17.3 Å². The Morgan fingerprint density at radius 3 is 2.45 bits per heavy atom. The molecule has 1 atom stereocenters. The molecule has 1 N–H and O–H groups in total. The Labute approximate surface area is 122 Å². The van der Waals surface area contributed by atoms with Gasteiger partial charge in [-0.3, -0.25) is 0 Å². The Morgan fingerprint density at radius 2 is 1.90 bits per heavy atom. The van der Waals surface area contributed by atoms with Crippen LogP contribution in [0.25, 0.3) is 0 Å². The van der Waals surface area contributed by atoms with Gasteiger partial charge in [0.25, 0.3) is 0 Å². The summed E-state index contributed by atoms with van der Waals surface area (Å²) in [7, 11) is 0. The van der Waals surface area contributed by atoms with Crippen LogP contribution in [0.15, 0.2) is 29.2 Å². The summed E-state index contributed by atoms with van der Waals surface area (Å²) in [4.78, 5) is 1.04. The zero-order chi connectivity index (χ0) is 15.0. The summed E-state index contributed by atoms with van der Waals surface area (Å²) < 4.78 is 40.1. The van der Waals surface area contributed by atoms with E-state index >= 15 is 0 Å². The normalized spacial score (nSPS) is 13.4. The highest BCUT2D eigenvalue weighted by atomic mass is 32.2. The average Bonchev–Trinajstić information content (AvgIpc) is 2.38. The number of alkyl halides is 3. The van der Waals surface area contributed by atoms with Crippen LogP contribution in [0, 0.1) is 0 Å². The lowest BCUT2D eigenvalue weighted by Crippen LogP contribution is -2.18. The zero-order valence-electron chi connectivity index (χ0n) is 11.7. The number of thioether (sulfide) groups is 1. The van der Waals surface area contributed by atoms with E-state index in [4.69, 9.17) is 0 Å². The molecule has 114 valence electrons. The minimum Gasteiger partial charge on any atom is -0.371 e. The molecule has 0 aliphatic carbocycles. The summed E-state index contributed by atoms with van der Waals surface area (Å²) in [5.41, 5.74) is 1.20. The number of ether oxygens (including phenoxy) is 1. The van der Waals surface area contributed by atoms with Crippen molar-refractivity contribution < 1.29 is 17.9 Å². The molecule has 6 heteroatoms. The average molecular weight is 307 g/mol. The smallest absolute Gasteiger partial charge is 0.371 e. The third kappa shape index (κ3) is 7.17. The first-order valence-corrected chi connectivity index (χ1v) is 7.51. The molecule has 0 saturated carbocycles. The minimum atomic E-state index is -4.24. The van der Waals surface area contributed by atoms with E-state index in [-0.39, 0.29) is 6.61 Å². The maximum absolute atomic E-state index is 11.9. The molecular formula is C14H20F3NOS. The molecule has 0 aliphatic rings. The Balaban J connectivity index is 2.28. The van der Waals surface area contributed by atoms with Crippen LogP contribution in [-0.2, 0) is 4.74 Å². The molecule has 0 radical (unpaired) electrons. The molecule has 20 heavy (non-hydrogen) atoms. The van der Waals surface area contributed by atoms with Crippen LogP contribution in [0.1, 0.15) is 25.5 Å². The fraction of sp³-hybridized carbons (Fsp3) is 0.571. The Bertz CT molecular complexity index is 381. The molecule has 1 aromatic carbocycles. The van der Waals surface area contributed by atoms with Crippen LogP contribution in [0.3, 0.4) is 0 Å². The molecule has 0 amide bonds. The maximum Gasteiger partial charge on any atom is 0.411 e. The highest BCUT2D eigenvalue weighted by Gasteiger charge is 2.27. The minimum absolute atomic E-state index is 0.0969. The topological polar surface area (TPSA) is 21.3 Å². The van der Waals surface area contributed by atoms with E-state index < -0.39 is 12.8 Å². The number of nitrogens with one attached hydrogen (secondary N) is 1. The molecule has 0 heterocycles. The standard InChI is InChI=1S/C14H20F3NOS/c1-3-18-11(2)12-4-6-13(7-5-12)20-9-8-19-10-14(15,16)17/h4-7,11,18H,3,8-10H2,1-2H3. The van der Waals surface area contributed by atoms with Crippen molar-refractivity contribution >= 4 is 11.8 Å². The van der Waals surface area contributed by atoms with Gasteiger partial charge < -0.3 is 10.1 Å². The van der Waals surface area contributed by atoms with Gasteiger partial charge in [0.1, 0.15) is 6.61 Å².